The Balaban J connectivity index is 1.34. The molecule has 2 aromatic carbocycles. The summed E-state index contributed by atoms with van der Waals surface area (Å²) in [5.74, 6) is -0.263. The van der Waals surface area contributed by atoms with Gasteiger partial charge in [-0.25, -0.2) is 0 Å². The van der Waals surface area contributed by atoms with Crippen molar-refractivity contribution in [1.82, 2.24) is 0 Å². The number of Topliss-reactive ketones (excluding diaryl/α,β-unsaturated/α-hetero) is 2. The number of fused-ring (bicyclic) bond motifs is 5. The number of allylic oxidation sites excluding steroid dienone is 1. The van der Waals surface area contributed by atoms with Crippen molar-refractivity contribution in [3.8, 4) is 0 Å². The molecule has 0 radical (unpaired) electrons. The van der Waals surface area contributed by atoms with Crippen LogP contribution in [0.15, 0.2) is 77.0 Å². The number of benzene rings is 2. The molecule has 3 nitrogen and oxygen atoms in total. The fourth-order valence-corrected chi connectivity index (χ4v) is 13.1. The third-order valence-electron chi connectivity index (χ3n) is 7.29. The Kier molecular flexibility index (Phi) is 4.24. The Morgan fingerprint density at radius 3 is 2.00 bits per heavy atom. The molecule has 1 aliphatic carbocycles. The predicted molar refractivity (Wildman–Crippen MR) is 138 cm³/mol. The molecule has 4 heterocycles. The van der Waals surface area contributed by atoms with Gasteiger partial charge < -0.3 is 0 Å². The molecule has 4 aromatic rings. The number of ketones is 2. The fraction of sp³-hybridized carbons (Fsp3) is 0.111. The van der Waals surface area contributed by atoms with Crippen LogP contribution in [0.5, 0.6) is 0 Å². The number of para-hydroxylation sites is 2. The molecule has 0 saturated carbocycles. The van der Waals surface area contributed by atoms with Gasteiger partial charge in [0.05, 0.1) is 0 Å². The molecule has 0 N–H and O–H groups in total. The van der Waals surface area contributed by atoms with Crippen LogP contribution in [0, 0.1) is 0 Å². The molecule has 1 fully saturated rings. The number of hydrogen-bond acceptors (Lipinski definition) is 4. The Bertz CT molecular complexity index is 1430. The minimum atomic E-state index is -1.64. The average Bonchev–Trinajstić information content (AvgIpc) is 3.52. The zero-order chi connectivity index (χ0) is 22.2. The van der Waals surface area contributed by atoms with Crippen LogP contribution in [0.3, 0.4) is 0 Å². The van der Waals surface area contributed by atoms with Gasteiger partial charge in [-0.3, -0.25) is 0 Å². The molecule has 2 aromatic heterocycles. The van der Waals surface area contributed by atoms with E-state index < -0.39 is 8.07 Å². The molecule has 3 aliphatic rings. The summed E-state index contributed by atoms with van der Waals surface area (Å²) >= 11 is 1.42. The predicted octanol–water partition coefficient (Wildman–Crippen LogP) is 5.02. The topological polar surface area (TPSA) is 37.4 Å². The summed E-state index contributed by atoms with van der Waals surface area (Å²) in [4.78, 5) is 27.9. The second-order valence-electron chi connectivity index (χ2n) is 8.90. The van der Waals surface area contributed by atoms with Crippen LogP contribution in [-0.4, -0.2) is 34.1 Å². The molecule has 7 rings (SSSR count). The van der Waals surface area contributed by atoms with E-state index in [1.54, 1.807) is 21.1 Å². The van der Waals surface area contributed by atoms with E-state index in [1.165, 1.54) is 45.8 Å². The third-order valence-corrected chi connectivity index (χ3v) is 15.5. The number of rotatable bonds is 2. The van der Waals surface area contributed by atoms with Gasteiger partial charge in [0, 0.05) is 0 Å². The monoisotopic (exact) mass is 529 g/mol. The van der Waals surface area contributed by atoms with Crippen LogP contribution in [0.25, 0.3) is 6.08 Å². The van der Waals surface area contributed by atoms with Crippen LogP contribution in [-0.2, 0) is 0 Å². The molecule has 0 bridgehead atoms. The van der Waals surface area contributed by atoms with Gasteiger partial charge in [0.2, 0.25) is 0 Å². The molecular weight excluding hydrogens is 509 g/mol. The molecule has 0 atom stereocenters. The van der Waals surface area contributed by atoms with Crippen LogP contribution in [0.2, 0.25) is 12.1 Å². The van der Waals surface area contributed by atoms with Gasteiger partial charge >= 0.3 is 203 Å². The normalized spacial score (nSPS) is 17.6. The van der Waals surface area contributed by atoms with E-state index in [1.807, 2.05) is 6.08 Å². The van der Waals surface area contributed by atoms with Crippen LogP contribution < -0.4 is 15.3 Å². The van der Waals surface area contributed by atoms with E-state index in [0.29, 0.717) is 16.7 Å². The van der Waals surface area contributed by atoms with Gasteiger partial charge in [0.15, 0.2) is 0 Å². The molecule has 0 amide bonds. The molecule has 1 spiro atoms. The first kappa shape index (κ1) is 19.7. The summed E-state index contributed by atoms with van der Waals surface area (Å²) in [6, 6.07) is 24.9. The maximum absolute atomic E-state index is 12.8. The first-order valence-corrected chi connectivity index (χ1v) is 16.2. The average molecular weight is 529 g/mol. The van der Waals surface area contributed by atoms with Crippen LogP contribution >= 0.6 is 11.3 Å². The Morgan fingerprint density at radius 1 is 0.818 bits per heavy atom. The molecular formula is C27H19NO2SSeSi. The van der Waals surface area contributed by atoms with Crippen molar-refractivity contribution in [3.63, 3.8) is 0 Å². The second kappa shape index (κ2) is 7.12. The van der Waals surface area contributed by atoms with Gasteiger partial charge in [-0.1, -0.05) is 0 Å². The van der Waals surface area contributed by atoms with Gasteiger partial charge in [-0.15, -0.1) is 0 Å². The standard InChI is InChI=1S/C27H19NO2SSeSi/c29-26-18(27(30)20-16-31-15-19(20)26)14-17-10-11-25(32-17)28-21-6-1-3-8-23(21)33(12-5-13-33)24-9-4-2-7-22(24)28/h1-4,6-11,14-16H,5,12-13H2. The number of hydrogen-bond donors (Lipinski definition) is 0. The number of anilines is 3. The van der Waals surface area contributed by atoms with E-state index >= 15 is 0 Å². The van der Waals surface area contributed by atoms with E-state index in [-0.39, 0.29) is 26.1 Å². The van der Waals surface area contributed by atoms with E-state index in [9.17, 15) is 9.59 Å². The molecule has 0 unspecified atom stereocenters. The molecule has 160 valence electrons. The Hall–Kier alpha value is -2.76. The summed E-state index contributed by atoms with van der Waals surface area (Å²) in [6.45, 7) is 0. The SMILES string of the molecule is O=C1C(=Cc2ccc(N3c4ccccc4[Si]4(CCC4)c4ccccc43)[se]2)C(=O)c2cscc21. The molecule has 1 saturated heterocycles. The first-order chi connectivity index (χ1) is 16.2. The first-order valence-electron chi connectivity index (χ1n) is 11.1. The van der Waals surface area contributed by atoms with Crippen molar-refractivity contribution < 1.29 is 9.59 Å². The van der Waals surface area contributed by atoms with Crippen molar-refractivity contribution in [2.75, 3.05) is 4.90 Å². The van der Waals surface area contributed by atoms with Gasteiger partial charge in [0.25, 0.3) is 0 Å². The van der Waals surface area contributed by atoms with Crippen molar-refractivity contribution in [2.24, 2.45) is 0 Å². The van der Waals surface area contributed by atoms with E-state index in [0.717, 1.165) is 4.44 Å². The quantitative estimate of drug-likeness (QED) is 0.208. The van der Waals surface area contributed by atoms with Crippen molar-refractivity contribution in [3.05, 3.63) is 92.6 Å². The molecule has 6 heteroatoms. The van der Waals surface area contributed by atoms with Crippen LogP contribution in [0.1, 0.15) is 31.6 Å². The zero-order valence-corrected chi connectivity index (χ0v) is 21.2. The Labute approximate surface area is 202 Å². The van der Waals surface area contributed by atoms with Gasteiger partial charge in [-0.05, 0) is 0 Å². The summed E-state index contributed by atoms with van der Waals surface area (Å²) < 4.78 is 2.32. The number of nitrogens with zero attached hydrogens (tertiary/aromatic N) is 1. The van der Waals surface area contributed by atoms with Gasteiger partial charge in [0.1, 0.15) is 0 Å². The summed E-state index contributed by atoms with van der Waals surface area (Å²) in [6.07, 6.45) is 3.16. The van der Waals surface area contributed by atoms with Crippen LogP contribution in [0.4, 0.5) is 15.9 Å². The van der Waals surface area contributed by atoms with E-state index in [4.69, 9.17) is 0 Å². The van der Waals surface area contributed by atoms with Crippen molar-refractivity contribution in [1.29, 1.82) is 0 Å². The summed E-state index contributed by atoms with van der Waals surface area (Å²) in [5, 5.41) is 6.69. The zero-order valence-electron chi connectivity index (χ0n) is 17.7. The summed E-state index contributed by atoms with van der Waals surface area (Å²) in [7, 11) is -1.64. The van der Waals surface area contributed by atoms with Gasteiger partial charge in [-0.2, -0.15) is 0 Å². The molecule has 33 heavy (non-hydrogen) atoms. The third kappa shape index (κ3) is 2.66. The van der Waals surface area contributed by atoms with Crippen molar-refractivity contribution in [2.45, 2.75) is 18.5 Å². The maximum atomic E-state index is 12.8. The van der Waals surface area contributed by atoms with E-state index in [2.05, 4.69) is 65.6 Å². The second-order valence-corrected chi connectivity index (χ2v) is 16.2. The fourth-order valence-electron chi connectivity index (χ4n) is 5.58. The number of carbonyl (C=O) groups is 2. The summed E-state index contributed by atoms with van der Waals surface area (Å²) in [5.41, 5.74) is 4.09. The molecule has 2 aliphatic heterocycles. The Morgan fingerprint density at radius 2 is 1.42 bits per heavy atom. The van der Waals surface area contributed by atoms with Crippen molar-refractivity contribution >= 4 is 77.9 Å². The number of carbonyl (C=O) groups excluding carboxylic acids is 2. The minimum absolute atomic E-state index is 0.00860. The number of thiophene rings is 1.